The molecule has 2 N–H and O–H groups in total. The molecule has 2 aromatic heterocycles. The van der Waals surface area contributed by atoms with Gasteiger partial charge in [0.25, 0.3) is 5.19 Å². The van der Waals surface area contributed by atoms with Crippen molar-refractivity contribution in [1.82, 2.24) is 19.9 Å². The first kappa shape index (κ1) is 23.9. The fourth-order valence-corrected chi connectivity index (χ4v) is 5.94. The van der Waals surface area contributed by atoms with E-state index >= 15 is 0 Å². The number of ether oxygens (including phenoxy) is 2. The standard InChI is InChI=1S/C25H31N5O4S/c1-30-12-5-6-16(30)15-33-19-14-20(34-24-27-11-13-35-24)29-23(28-19)21(26)17-7-4-10-25(22(17)32)9-3-2-8-18(25)31/h11,13-14,16H,2-10,12,15,26H2,1H3/b21-17-/t16-,25+/m0/s1. The number of likely N-dealkylation sites (N-methyl/N-ethyl adjacent to an activating group) is 1. The van der Waals surface area contributed by atoms with Gasteiger partial charge < -0.3 is 20.1 Å². The summed E-state index contributed by atoms with van der Waals surface area (Å²) < 4.78 is 11.9. The van der Waals surface area contributed by atoms with Gasteiger partial charge in [-0.3, -0.25) is 9.59 Å². The smallest absolute Gasteiger partial charge is 0.279 e. The molecule has 2 aromatic rings. The molecule has 0 amide bonds. The summed E-state index contributed by atoms with van der Waals surface area (Å²) in [4.78, 5) is 41.9. The molecule has 3 heterocycles. The van der Waals surface area contributed by atoms with Crippen LogP contribution in [0.4, 0.5) is 0 Å². The number of thiazole rings is 1. The second-order valence-corrected chi connectivity index (χ2v) is 10.5. The molecular formula is C25H31N5O4S. The van der Waals surface area contributed by atoms with Gasteiger partial charge in [0.05, 0.1) is 17.2 Å². The SMILES string of the molecule is CN1CCC[C@H]1COc1cc(Oc2nccs2)nc(/C(N)=C2\CCC[C@@]3(CCCCC3=O)C2=O)n1. The molecule has 0 aromatic carbocycles. The Morgan fingerprint density at radius 2 is 2.00 bits per heavy atom. The molecule has 186 valence electrons. The molecule has 3 fully saturated rings. The molecule has 0 unspecified atom stereocenters. The zero-order valence-corrected chi connectivity index (χ0v) is 20.8. The zero-order valence-electron chi connectivity index (χ0n) is 20.0. The van der Waals surface area contributed by atoms with Crippen molar-refractivity contribution in [3.05, 3.63) is 29.0 Å². The minimum absolute atomic E-state index is 0.0465. The van der Waals surface area contributed by atoms with Crippen LogP contribution in [-0.2, 0) is 9.59 Å². The third-order valence-electron chi connectivity index (χ3n) is 7.47. The number of carbonyl (C=O) groups excluding carboxylic acids is 2. The topological polar surface area (TPSA) is 121 Å². The Kier molecular flexibility index (Phi) is 6.84. The van der Waals surface area contributed by atoms with E-state index in [9.17, 15) is 9.59 Å². The zero-order chi connectivity index (χ0) is 24.4. The van der Waals surface area contributed by atoms with Crippen LogP contribution in [-0.4, -0.2) is 57.7 Å². The molecule has 1 saturated heterocycles. The van der Waals surface area contributed by atoms with Gasteiger partial charge in [-0.05, 0) is 58.5 Å². The summed E-state index contributed by atoms with van der Waals surface area (Å²) >= 11 is 1.34. The minimum Gasteiger partial charge on any atom is -0.476 e. The van der Waals surface area contributed by atoms with Crippen molar-refractivity contribution < 1.29 is 19.1 Å². The van der Waals surface area contributed by atoms with Crippen molar-refractivity contribution in [1.29, 1.82) is 0 Å². The molecule has 10 heteroatoms. The molecule has 2 saturated carbocycles. The van der Waals surface area contributed by atoms with Gasteiger partial charge in [0.2, 0.25) is 11.8 Å². The van der Waals surface area contributed by atoms with Crippen LogP contribution in [0.5, 0.6) is 17.0 Å². The fourth-order valence-electron chi connectivity index (χ4n) is 5.44. The highest BCUT2D eigenvalue weighted by Gasteiger charge is 2.49. The van der Waals surface area contributed by atoms with Crippen LogP contribution in [0.15, 0.2) is 23.2 Å². The summed E-state index contributed by atoms with van der Waals surface area (Å²) in [6, 6.07) is 1.93. The Morgan fingerprint density at radius 1 is 1.17 bits per heavy atom. The quantitative estimate of drug-likeness (QED) is 0.470. The van der Waals surface area contributed by atoms with Crippen LogP contribution in [0.3, 0.4) is 0 Å². The second-order valence-electron chi connectivity index (χ2n) is 9.64. The van der Waals surface area contributed by atoms with Crippen LogP contribution in [0, 0.1) is 5.41 Å². The van der Waals surface area contributed by atoms with Gasteiger partial charge in [0, 0.05) is 29.6 Å². The Balaban J connectivity index is 1.47. The summed E-state index contributed by atoms with van der Waals surface area (Å²) in [6.45, 7) is 1.53. The van der Waals surface area contributed by atoms with E-state index < -0.39 is 5.41 Å². The van der Waals surface area contributed by atoms with Gasteiger partial charge in [0.1, 0.15) is 12.4 Å². The molecule has 35 heavy (non-hydrogen) atoms. The summed E-state index contributed by atoms with van der Waals surface area (Å²) in [5.74, 6) is 0.644. The predicted octanol–water partition coefficient (Wildman–Crippen LogP) is 3.75. The average molecular weight is 498 g/mol. The highest BCUT2D eigenvalue weighted by molar-refractivity contribution is 7.11. The number of nitrogens with two attached hydrogens (primary N) is 1. The van der Waals surface area contributed by atoms with Crippen LogP contribution < -0.4 is 15.2 Å². The van der Waals surface area contributed by atoms with Crippen molar-refractivity contribution in [3.8, 4) is 17.0 Å². The van der Waals surface area contributed by atoms with Gasteiger partial charge >= 0.3 is 0 Å². The van der Waals surface area contributed by atoms with Gasteiger partial charge in [-0.2, -0.15) is 9.97 Å². The van der Waals surface area contributed by atoms with E-state index in [0.717, 1.165) is 38.6 Å². The fraction of sp³-hybridized carbons (Fsp3) is 0.560. The lowest BCUT2D eigenvalue weighted by Crippen LogP contribution is -2.45. The summed E-state index contributed by atoms with van der Waals surface area (Å²) in [7, 11) is 2.09. The number of aromatic nitrogens is 3. The molecule has 3 aliphatic rings. The normalized spacial score (nSPS) is 26.8. The molecule has 0 bridgehead atoms. The monoisotopic (exact) mass is 497 g/mol. The Labute approximate surface area is 208 Å². The molecule has 5 rings (SSSR count). The van der Waals surface area contributed by atoms with E-state index in [1.165, 1.54) is 11.3 Å². The lowest BCUT2D eigenvalue weighted by atomic mass is 9.62. The highest BCUT2D eigenvalue weighted by Crippen LogP contribution is 2.45. The Morgan fingerprint density at radius 3 is 2.74 bits per heavy atom. The predicted molar refractivity (Wildman–Crippen MR) is 131 cm³/mol. The first-order valence-corrected chi connectivity index (χ1v) is 13.2. The molecule has 2 atom stereocenters. The third kappa shape index (κ3) is 4.81. The van der Waals surface area contributed by atoms with Crippen molar-refractivity contribution in [2.24, 2.45) is 11.1 Å². The maximum atomic E-state index is 13.6. The molecule has 1 aliphatic heterocycles. The highest BCUT2D eigenvalue weighted by atomic mass is 32.1. The van der Waals surface area contributed by atoms with Gasteiger partial charge in [-0.25, -0.2) is 4.98 Å². The van der Waals surface area contributed by atoms with E-state index in [0.29, 0.717) is 55.0 Å². The van der Waals surface area contributed by atoms with Crippen LogP contribution >= 0.6 is 11.3 Å². The summed E-state index contributed by atoms with van der Waals surface area (Å²) in [5.41, 5.74) is 6.24. The molecule has 2 aliphatic carbocycles. The number of rotatable bonds is 6. The van der Waals surface area contributed by atoms with E-state index in [1.54, 1.807) is 12.3 Å². The summed E-state index contributed by atoms with van der Waals surface area (Å²) in [6.07, 6.45) is 8.46. The van der Waals surface area contributed by atoms with Crippen molar-refractivity contribution in [2.75, 3.05) is 20.2 Å². The van der Waals surface area contributed by atoms with Crippen molar-refractivity contribution in [3.63, 3.8) is 0 Å². The van der Waals surface area contributed by atoms with Crippen molar-refractivity contribution >= 4 is 28.6 Å². The molecule has 9 nitrogen and oxygen atoms in total. The molecule has 1 spiro atoms. The number of carbonyl (C=O) groups is 2. The van der Waals surface area contributed by atoms with E-state index in [-0.39, 0.29) is 29.0 Å². The van der Waals surface area contributed by atoms with E-state index in [1.807, 2.05) is 5.38 Å². The number of hydrogen-bond acceptors (Lipinski definition) is 10. The van der Waals surface area contributed by atoms with Crippen LogP contribution in [0.1, 0.15) is 63.6 Å². The second kappa shape index (κ2) is 10.0. The number of ketones is 2. The molecular weight excluding hydrogens is 466 g/mol. The number of nitrogens with zero attached hydrogens (tertiary/aromatic N) is 4. The van der Waals surface area contributed by atoms with Crippen LogP contribution in [0.2, 0.25) is 0 Å². The maximum Gasteiger partial charge on any atom is 0.279 e. The largest absolute Gasteiger partial charge is 0.476 e. The van der Waals surface area contributed by atoms with Crippen LogP contribution in [0.25, 0.3) is 5.70 Å². The Bertz CT molecular complexity index is 1130. The number of likely N-dealkylation sites (tertiary alicyclic amines) is 1. The summed E-state index contributed by atoms with van der Waals surface area (Å²) in [5, 5.41) is 2.24. The van der Waals surface area contributed by atoms with Gasteiger partial charge in [-0.15, -0.1) is 0 Å². The lowest BCUT2D eigenvalue weighted by molar-refractivity contribution is -0.143. The van der Waals surface area contributed by atoms with E-state index in [2.05, 4.69) is 26.9 Å². The lowest BCUT2D eigenvalue weighted by Gasteiger charge is -2.38. The van der Waals surface area contributed by atoms with Crippen molar-refractivity contribution in [2.45, 2.75) is 63.8 Å². The number of allylic oxidation sites excluding steroid dienone is 1. The first-order valence-electron chi connectivity index (χ1n) is 12.3. The minimum atomic E-state index is -0.933. The average Bonchev–Trinajstić information content (AvgIpc) is 3.52. The maximum absolute atomic E-state index is 13.6. The Hall–Kier alpha value is -2.85. The third-order valence-corrected chi connectivity index (χ3v) is 8.12. The number of hydrogen-bond donors (Lipinski definition) is 1. The first-order chi connectivity index (χ1) is 17.0. The molecule has 0 radical (unpaired) electrons. The van der Waals surface area contributed by atoms with E-state index in [4.69, 9.17) is 15.2 Å². The van der Waals surface area contributed by atoms with Gasteiger partial charge in [-0.1, -0.05) is 17.8 Å². The van der Waals surface area contributed by atoms with Gasteiger partial charge in [0.15, 0.2) is 11.6 Å². The number of Topliss-reactive ketones (excluding diaryl/α,β-unsaturated/α-hetero) is 2.